The highest BCUT2D eigenvalue weighted by atomic mass is 32.2. The molecule has 1 aliphatic rings. The van der Waals surface area contributed by atoms with Gasteiger partial charge in [0, 0.05) is 32.3 Å². The van der Waals surface area contributed by atoms with E-state index in [-0.39, 0.29) is 10.8 Å². The van der Waals surface area contributed by atoms with E-state index in [9.17, 15) is 8.42 Å². The number of rotatable bonds is 6. The zero-order valence-corrected chi connectivity index (χ0v) is 16.8. The summed E-state index contributed by atoms with van der Waals surface area (Å²) in [6, 6.07) is 7.81. The normalized spacial score (nSPS) is 17.5. The van der Waals surface area contributed by atoms with Crippen molar-refractivity contribution in [3.8, 4) is 5.75 Å². The van der Waals surface area contributed by atoms with Crippen LogP contribution in [0.4, 0.5) is 5.95 Å². The van der Waals surface area contributed by atoms with Gasteiger partial charge in [0.05, 0.1) is 19.0 Å². The van der Waals surface area contributed by atoms with Crippen LogP contribution in [0.3, 0.4) is 0 Å². The second-order valence-electron chi connectivity index (χ2n) is 6.94. The molecule has 0 spiro atoms. The number of nitrogens with zero attached hydrogens (tertiary/aromatic N) is 3. The first-order valence-electron chi connectivity index (χ1n) is 9.00. The van der Waals surface area contributed by atoms with Crippen LogP contribution in [0.1, 0.15) is 30.0 Å². The Morgan fingerprint density at radius 1 is 1.37 bits per heavy atom. The Labute approximate surface area is 160 Å². The van der Waals surface area contributed by atoms with E-state index < -0.39 is 9.84 Å². The number of benzene rings is 1. The van der Waals surface area contributed by atoms with Crippen LogP contribution in [0.15, 0.2) is 35.4 Å². The number of methoxy groups -OCH3 is 1. The highest BCUT2D eigenvalue weighted by Gasteiger charge is 2.25. The Hall–Kier alpha value is -2.19. The molecular formula is C19H26N4O3S. The smallest absolute Gasteiger partial charge is 0.225 e. The predicted octanol–water partition coefficient (Wildman–Crippen LogP) is 1.99. The molecule has 146 valence electrons. The van der Waals surface area contributed by atoms with E-state index in [1.807, 2.05) is 36.2 Å². The standard InChI is InChI=1S/C19H26N4O3S/c1-23(13-14-6-4-8-16(10-14)26-2)19-21-12-17(27(3,24)25)18(22-19)15-7-5-9-20-11-15/h4,6,8,10,12,15,20H,5,7,9,11,13H2,1-3H3. The number of sulfone groups is 1. The van der Waals surface area contributed by atoms with E-state index in [1.165, 1.54) is 12.5 Å². The Balaban J connectivity index is 1.90. The molecule has 1 atom stereocenters. The van der Waals surface area contributed by atoms with Crippen molar-refractivity contribution in [2.75, 3.05) is 38.4 Å². The molecule has 0 radical (unpaired) electrons. The summed E-state index contributed by atoms with van der Waals surface area (Å²) < 4.78 is 29.7. The van der Waals surface area contributed by atoms with Gasteiger partial charge in [0.15, 0.2) is 9.84 Å². The molecule has 0 saturated carbocycles. The summed E-state index contributed by atoms with van der Waals surface area (Å²) in [5, 5.41) is 3.33. The topological polar surface area (TPSA) is 84.4 Å². The van der Waals surface area contributed by atoms with E-state index in [1.54, 1.807) is 7.11 Å². The largest absolute Gasteiger partial charge is 0.497 e. The molecule has 1 aromatic carbocycles. The zero-order valence-electron chi connectivity index (χ0n) is 16.0. The van der Waals surface area contributed by atoms with Crippen LogP contribution in [-0.2, 0) is 16.4 Å². The van der Waals surface area contributed by atoms with Gasteiger partial charge in [-0.2, -0.15) is 0 Å². The Morgan fingerprint density at radius 3 is 2.85 bits per heavy atom. The lowest BCUT2D eigenvalue weighted by Crippen LogP contribution is -2.30. The van der Waals surface area contributed by atoms with Crippen molar-refractivity contribution in [2.24, 2.45) is 0 Å². The van der Waals surface area contributed by atoms with Crippen LogP contribution < -0.4 is 15.0 Å². The van der Waals surface area contributed by atoms with E-state index >= 15 is 0 Å². The molecule has 2 heterocycles. The molecule has 1 aromatic heterocycles. The first kappa shape index (κ1) is 19.6. The van der Waals surface area contributed by atoms with Crippen LogP contribution >= 0.6 is 0 Å². The minimum Gasteiger partial charge on any atom is -0.497 e. The lowest BCUT2D eigenvalue weighted by molar-refractivity contribution is 0.414. The lowest BCUT2D eigenvalue weighted by Gasteiger charge is -2.25. The maximum absolute atomic E-state index is 12.2. The quantitative estimate of drug-likeness (QED) is 0.807. The third-order valence-corrected chi connectivity index (χ3v) is 5.86. The second kappa shape index (κ2) is 8.22. The highest BCUT2D eigenvalue weighted by Crippen LogP contribution is 2.28. The fraction of sp³-hybridized carbons (Fsp3) is 0.474. The first-order chi connectivity index (χ1) is 12.9. The predicted molar refractivity (Wildman–Crippen MR) is 105 cm³/mol. The van der Waals surface area contributed by atoms with Gasteiger partial charge in [-0.3, -0.25) is 0 Å². The number of hydrogen-bond acceptors (Lipinski definition) is 7. The molecule has 7 nitrogen and oxygen atoms in total. The van der Waals surface area contributed by atoms with Gasteiger partial charge in [0.25, 0.3) is 0 Å². The number of aromatic nitrogens is 2. The van der Waals surface area contributed by atoms with E-state index in [0.717, 1.165) is 37.2 Å². The number of ether oxygens (including phenoxy) is 1. The van der Waals surface area contributed by atoms with Crippen LogP contribution in [0.5, 0.6) is 5.75 Å². The van der Waals surface area contributed by atoms with Gasteiger partial charge < -0.3 is 15.0 Å². The second-order valence-corrected chi connectivity index (χ2v) is 8.93. The van der Waals surface area contributed by atoms with Gasteiger partial charge in [0.1, 0.15) is 10.6 Å². The molecule has 8 heteroatoms. The van der Waals surface area contributed by atoms with Gasteiger partial charge in [0.2, 0.25) is 5.95 Å². The zero-order chi connectivity index (χ0) is 19.4. The summed E-state index contributed by atoms with van der Waals surface area (Å²) in [5.74, 6) is 1.39. The number of piperidine rings is 1. The molecule has 0 amide bonds. The monoisotopic (exact) mass is 390 g/mol. The lowest BCUT2D eigenvalue weighted by atomic mass is 9.96. The summed E-state index contributed by atoms with van der Waals surface area (Å²) in [5.41, 5.74) is 1.68. The van der Waals surface area contributed by atoms with E-state index in [4.69, 9.17) is 4.74 Å². The fourth-order valence-corrected chi connectivity index (χ4v) is 4.17. The van der Waals surface area contributed by atoms with Crippen molar-refractivity contribution in [3.05, 3.63) is 41.7 Å². The average molecular weight is 391 g/mol. The van der Waals surface area contributed by atoms with E-state index in [2.05, 4.69) is 15.3 Å². The molecule has 2 aromatic rings. The molecule has 0 aliphatic carbocycles. The van der Waals surface area contributed by atoms with Crippen LogP contribution in [0.2, 0.25) is 0 Å². The molecule has 1 aliphatic heterocycles. The molecular weight excluding hydrogens is 364 g/mol. The number of anilines is 1. The van der Waals surface area contributed by atoms with Crippen molar-refractivity contribution in [1.82, 2.24) is 15.3 Å². The Morgan fingerprint density at radius 2 is 2.19 bits per heavy atom. The van der Waals surface area contributed by atoms with Crippen molar-refractivity contribution in [3.63, 3.8) is 0 Å². The molecule has 1 fully saturated rings. The van der Waals surface area contributed by atoms with E-state index in [0.29, 0.717) is 18.2 Å². The Bertz CT molecular complexity index is 896. The van der Waals surface area contributed by atoms with Crippen molar-refractivity contribution in [1.29, 1.82) is 0 Å². The minimum absolute atomic E-state index is 0.0791. The molecule has 27 heavy (non-hydrogen) atoms. The molecule has 1 N–H and O–H groups in total. The van der Waals surface area contributed by atoms with Crippen molar-refractivity contribution >= 4 is 15.8 Å². The van der Waals surface area contributed by atoms with Crippen LogP contribution in [0, 0.1) is 0 Å². The average Bonchev–Trinajstić information content (AvgIpc) is 2.67. The van der Waals surface area contributed by atoms with Gasteiger partial charge in [-0.1, -0.05) is 12.1 Å². The third-order valence-electron chi connectivity index (χ3n) is 4.75. The molecule has 1 saturated heterocycles. The summed E-state index contributed by atoms with van der Waals surface area (Å²) in [6.07, 6.45) is 4.59. The fourth-order valence-electron chi connectivity index (χ4n) is 3.34. The molecule has 1 unspecified atom stereocenters. The number of hydrogen-bond donors (Lipinski definition) is 1. The summed E-state index contributed by atoms with van der Waals surface area (Å²) >= 11 is 0. The SMILES string of the molecule is COc1cccc(CN(C)c2ncc(S(C)(=O)=O)c(C3CCCNC3)n2)c1. The summed E-state index contributed by atoms with van der Waals surface area (Å²) in [7, 11) is 0.159. The number of nitrogens with one attached hydrogen (secondary N) is 1. The van der Waals surface area contributed by atoms with Gasteiger partial charge >= 0.3 is 0 Å². The summed E-state index contributed by atoms with van der Waals surface area (Å²) in [6.45, 7) is 2.29. The molecule has 0 bridgehead atoms. The minimum atomic E-state index is -3.38. The van der Waals surface area contributed by atoms with Crippen molar-refractivity contribution < 1.29 is 13.2 Å². The maximum atomic E-state index is 12.2. The van der Waals surface area contributed by atoms with Crippen molar-refractivity contribution in [2.45, 2.75) is 30.2 Å². The van der Waals surface area contributed by atoms with Crippen LogP contribution in [0.25, 0.3) is 0 Å². The van der Waals surface area contributed by atoms with Gasteiger partial charge in [-0.15, -0.1) is 0 Å². The summed E-state index contributed by atoms with van der Waals surface area (Å²) in [4.78, 5) is 11.1. The maximum Gasteiger partial charge on any atom is 0.225 e. The van der Waals surface area contributed by atoms with Crippen LogP contribution in [-0.4, -0.2) is 51.9 Å². The molecule has 3 rings (SSSR count). The third kappa shape index (κ3) is 4.75. The van der Waals surface area contributed by atoms with Gasteiger partial charge in [-0.25, -0.2) is 18.4 Å². The first-order valence-corrected chi connectivity index (χ1v) is 10.9. The Kier molecular flexibility index (Phi) is 5.96. The van der Waals surface area contributed by atoms with Gasteiger partial charge in [-0.05, 0) is 37.1 Å². The highest BCUT2D eigenvalue weighted by molar-refractivity contribution is 7.90.